The molecular formula is C14H16N4O5S. The van der Waals surface area contributed by atoms with Crippen LogP contribution in [0.15, 0.2) is 51.0 Å². The number of nitrogens with one attached hydrogen (secondary N) is 2. The second kappa shape index (κ2) is 7.23. The molecular weight excluding hydrogens is 336 g/mol. The highest BCUT2D eigenvalue weighted by Gasteiger charge is 2.07. The van der Waals surface area contributed by atoms with E-state index >= 15 is 0 Å². The Balaban J connectivity index is 1.87. The number of aromatic amines is 1. The van der Waals surface area contributed by atoms with E-state index in [0.717, 1.165) is 0 Å². The largest absolute Gasteiger partial charge is 0.352 e. The zero-order valence-electron chi connectivity index (χ0n) is 12.6. The topological polar surface area (TPSA) is 144 Å². The second-order valence-corrected chi connectivity index (χ2v) is 6.58. The van der Waals surface area contributed by atoms with Crippen LogP contribution in [-0.2, 0) is 27.9 Å². The number of H-pyrrole nitrogens is 1. The molecule has 0 bridgehead atoms. The molecule has 2 aromatic rings. The fourth-order valence-corrected chi connectivity index (χ4v) is 2.44. The Hall–Kier alpha value is -2.72. The first-order chi connectivity index (χ1) is 11.3. The highest BCUT2D eigenvalue weighted by atomic mass is 32.2. The molecule has 2 rings (SSSR count). The number of nitrogens with zero attached hydrogens (tertiary/aromatic N) is 1. The number of hydrogen-bond acceptors (Lipinski definition) is 5. The van der Waals surface area contributed by atoms with Crippen molar-refractivity contribution in [3.63, 3.8) is 0 Å². The number of aromatic nitrogens is 2. The van der Waals surface area contributed by atoms with Gasteiger partial charge >= 0.3 is 5.69 Å². The van der Waals surface area contributed by atoms with Crippen LogP contribution in [0.5, 0.6) is 0 Å². The van der Waals surface area contributed by atoms with E-state index in [1.54, 1.807) is 12.1 Å². The molecule has 1 heterocycles. The molecule has 4 N–H and O–H groups in total. The van der Waals surface area contributed by atoms with E-state index in [1.807, 2.05) is 0 Å². The van der Waals surface area contributed by atoms with Crippen molar-refractivity contribution >= 4 is 15.9 Å². The molecule has 9 nitrogen and oxygen atoms in total. The average molecular weight is 352 g/mol. The summed E-state index contributed by atoms with van der Waals surface area (Å²) in [5.41, 5.74) is -0.366. The summed E-state index contributed by atoms with van der Waals surface area (Å²) in [4.78, 5) is 36.3. The lowest BCUT2D eigenvalue weighted by Crippen LogP contribution is -2.31. The Labute approximate surface area is 137 Å². The van der Waals surface area contributed by atoms with E-state index in [-0.39, 0.29) is 30.3 Å². The highest BCUT2D eigenvalue weighted by Crippen LogP contribution is 2.08. The van der Waals surface area contributed by atoms with Gasteiger partial charge in [0.25, 0.3) is 5.56 Å². The first-order valence-electron chi connectivity index (χ1n) is 6.94. The van der Waals surface area contributed by atoms with E-state index in [4.69, 9.17) is 5.14 Å². The Morgan fingerprint density at radius 3 is 2.42 bits per heavy atom. The van der Waals surface area contributed by atoms with Crippen molar-refractivity contribution in [2.45, 2.75) is 24.4 Å². The molecule has 1 aromatic carbocycles. The quantitative estimate of drug-likeness (QED) is 0.604. The van der Waals surface area contributed by atoms with Crippen molar-refractivity contribution in [2.75, 3.05) is 0 Å². The summed E-state index contributed by atoms with van der Waals surface area (Å²) in [7, 11) is -3.74. The van der Waals surface area contributed by atoms with Gasteiger partial charge in [-0.25, -0.2) is 18.4 Å². The number of primary sulfonamides is 1. The number of benzene rings is 1. The van der Waals surface area contributed by atoms with Crippen molar-refractivity contribution in [1.82, 2.24) is 14.9 Å². The van der Waals surface area contributed by atoms with Crippen molar-refractivity contribution in [3.05, 3.63) is 62.9 Å². The molecule has 0 aliphatic heterocycles. The third-order valence-corrected chi connectivity index (χ3v) is 4.15. The molecule has 1 amide bonds. The van der Waals surface area contributed by atoms with Crippen LogP contribution in [0.3, 0.4) is 0 Å². The molecule has 0 atom stereocenters. The predicted molar refractivity (Wildman–Crippen MR) is 85.6 cm³/mol. The van der Waals surface area contributed by atoms with Crippen molar-refractivity contribution in [1.29, 1.82) is 0 Å². The SMILES string of the molecule is NS(=O)(=O)c1ccc(CNC(=O)CCn2ccc(=O)[nH]c2=O)cc1. The number of aryl methyl sites for hydroxylation is 1. The Morgan fingerprint density at radius 1 is 1.17 bits per heavy atom. The normalized spacial score (nSPS) is 11.2. The maximum absolute atomic E-state index is 11.8. The van der Waals surface area contributed by atoms with Gasteiger partial charge in [-0.1, -0.05) is 12.1 Å². The summed E-state index contributed by atoms with van der Waals surface area (Å²) < 4.78 is 23.5. The van der Waals surface area contributed by atoms with Gasteiger partial charge in [-0.3, -0.25) is 14.6 Å². The summed E-state index contributed by atoms with van der Waals surface area (Å²) in [5.74, 6) is -0.288. The minimum absolute atomic E-state index is 0.00461. The van der Waals surface area contributed by atoms with Crippen LogP contribution < -0.4 is 21.7 Å². The summed E-state index contributed by atoms with van der Waals surface area (Å²) in [6.45, 7) is 0.343. The number of carbonyl (C=O) groups is 1. The number of rotatable bonds is 6. The molecule has 0 spiro atoms. The molecule has 0 saturated carbocycles. The Kier molecular flexibility index (Phi) is 5.31. The van der Waals surface area contributed by atoms with Gasteiger partial charge in [0, 0.05) is 31.8 Å². The molecule has 0 unspecified atom stereocenters. The summed E-state index contributed by atoms with van der Waals surface area (Å²) in [5, 5.41) is 7.65. The molecule has 0 fully saturated rings. The molecule has 0 aliphatic carbocycles. The van der Waals surface area contributed by atoms with Gasteiger partial charge in [0.2, 0.25) is 15.9 Å². The average Bonchev–Trinajstić information content (AvgIpc) is 2.51. The first kappa shape index (κ1) is 17.6. The van der Waals surface area contributed by atoms with Crippen LogP contribution in [0, 0.1) is 0 Å². The monoisotopic (exact) mass is 352 g/mol. The molecule has 0 saturated heterocycles. The van der Waals surface area contributed by atoms with Crippen LogP contribution in [0.4, 0.5) is 0 Å². The maximum Gasteiger partial charge on any atom is 0.328 e. The van der Waals surface area contributed by atoms with Gasteiger partial charge < -0.3 is 9.88 Å². The lowest BCUT2D eigenvalue weighted by molar-refractivity contribution is -0.121. The predicted octanol–water partition coefficient (Wildman–Crippen LogP) is -1.11. The summed E-state index contributed by atoms with van der Waals surface area (Å²) >= 11 is 0. The van der Waals surface area contributed by atoms with E-state index in [0.29, 0.717) is 5.56 Å². The van der Waals surface area contributed by atoms with Gasteiger partial charge in [0.15, 0.2) is 0 Å². The van der Waals surface area contributed by atoms with Crippen LogP contribution >= 0.6 is 0 Å². The lowest BCUT2D eigenvalue weighted by Gasteiger charge is -2.07. The molecule has 24 heavy (non-hydrogen) atoms. The van der Waals surface area contributed by atoms with Crippen LogP contribution in [0.2, 0.25) is 0 Å². The number of nitrogens with two attached hydrogens (primary N) is 1. The fraction of sp³-hybridized carbons (Fsp3) is 0.214. The molecule has 0 radical (unpaired) electrons. The number of hydrogen-bond donors (Lipinski definition) is 3. The second-order valence-electron chi connectivity index (χ2n) is 5.02. The van der Waals surface area contributed by atoms with E-state index < -0.39 is 21.3 Å². The van der Waals surface area contributed by atoms with Crippen molar-refractivity contribution in [2.24, 2.45) is 5.14 Å². The van der Waals surface area contributed by atoms with E-state index in [1.165, 1.54) is 29.0 Å². The van der Waals surface area contributed by atoms with Crippen LogP contribution in [0.25, 0.3) is 0 Å². The Bertz CT molecular complexity index is 944. The maximum atomic E-state index is 11.8. The number of amides is 1. The molecule has 1 aromatic heterocycles. The third-order valence-electron chi connectivity index (χ3n) is 3.22. The van der Waals surface area contributed by atoms with Gasteiger partial charge in [0.1, 0.15) is 0 Å². The van der Waals surface area contributed by atoms with E-state index in [9.17, 15) is 22.8 Å². The Morgan fingerprint density at radius 2 is 1.83 bits per heavy atom. The minimum atomic E-state index is -3.74. The number of sulfonamides is 1. The third kappa shape index (κ3) is 4.89. The van der Waals surface area contributed by atoms with Gasteiger partial charge in [-0.05, 0) is 17.7 Å². The number of carbonyl (C=O) groups excluding carboxylic acids is 1. The smallest absolute Gasteiger partial charge is 0.328 e. The zero-order valence-corrected chi connectivity index (χ0v) is 13.4. The standard InChI is InChI=1S/C14H16N4O5S/c15-24(22,23)11-3-1-10(2-4-11)9-16-12(19)5-7-18-8-6-13(20)17-14(18)21/h1-4,6,8H,5,7,9H2,(H,16,19)(H2,15,22,23)(H,17,20,21). The zero-order chi connectivity index (χ0) is 17.7. The summed E-state index contributed by atoms with van der Waals surface area (Å²) in [6.07, 6.45) is 1.38. The molecule has 10 heteroatoms. The van der Waals surface area contributed by atoms with Gasteiger partial charge in [-0.15, -0.1) is 0 Å². The van der Waals surface area contributed by atoms with E-state index in [2.05, 4.69) is 10.3 Å². The van der Waals surface area contributed by atoms with Crippen molar-refractivity contribution in [3.8, 4) is 0 Å². The van der Waals surface area contributed by atoms with Crippen molar-refractivity contribution < 1.29 is 13.2 Å². The summed E-state index contributed by atoms with van der Waals surface area (Å²) in [6, 6.07) is 7.01. The van der Waals surface area contributed by atoms with Crippen LogP contribution in [-0.4, -0.2) is 23.9 Å². The fourth-order valence-electron chi connectivity index (χ4n) is 1.93. The molecule has 0 aliphatic rings. The molecule has 128 valence electrons. The minimum Gasteiger partial charge on any atom is -0.352 e. The van der Waals surface area contributed by atoms with Gasteiger partial charge in [0.05, 0.1) is 4.90 Å². The van der Waals surface area contributed by atoms with Gasteiger partial charge in [-0.2, -0.15) is 0 Å². The van der Waals surface area contributed by atoms with Crippen LogP contribution in [0.1, 0.15) is 12.0 Å². The highest BCUT2D eigenvalue weighted by molar-refractivity contribution is 7.89. The first-order valence-corrected chi connectivity index (χ1v) is 8.48. The lowest BCUT2D eigenvalue weighted by atomic mass is 10.2.